The maximum absolute atomic E-state index is 10.9. The van der Waals surface area contributed by atoms with Crippen molar-refractivity contribution < 1.29 is 9.90 Å². The van der Waals surface area contributed by atoms with Crippen LogP contribution in [0, 0.1) is 0 Å². The number of aromatic nitrogens is 2. The van der Waals surface area contributed by atoms with Crippen LogP contribution in [0.4, 0.5) is 0 Å². The smallest absolute Gasteiger partial charge is 0.355 e. The molecule has 4 nitrogen and oxygen atoms in total. The molecule has 0 saturated heterocycles. The molecule has 94 valence electrons. The molecule has 0 spiro atoms. The van der Waals surface area contributed by atoms with Crippen molar-refractivity contribution in [1.29, 1.82) is 0 Å². The van der Waals surface area contributed by atoms with Gasteiger partial charge in [0.15, 0.2) is 5.69 Å². The van der Waals surface area contributed by atoms with Gasteiger partial charge < -0.3 is 5.11 Å². The van der Waals surface area contributed by atoms with Crippen molar-refractivity contribution >= 4 is 39.8 Å². The number of rotatable bonds is 2. The molecule has 0 saturated carbocycles. The van der Waals surface area contributed by atoms with E-state index < -0.39 is 5.97 Å². The number of benzene rings is 1. The Morgan fingerprint density at radius 1 is 1.32 bits per heavy atom. The highest BCUT2D eigenvalue weighted by Crippen LogP contribution is 2.33. The second-order valence-electron chi connectivity index (χ2n) is 3.84. The van der Waals surface area contributed by atoms with Gasteiger partial charge in [0.25, 0.3) is 0 Å². The average Bonchev–Trinajstić information content (AvgIpc) is 2.89. The van der Waals surface area contributed by atoms with E-state index in [9.17, 15) is 4.79 Å². The van der Waals surface area contributed by atoms with Crippen LogP contribution in [0.2, 0.25) is 5.02 Å². The van der Waals surface area contributed by atoms with E-state index in [-0.39, 0.29) is 5.69 Å². The monoisotopic (exact) mass is 290 g/mol. The van der Waals surface area contributed by atoms with Gasteiger partial charge in [0.05, 0.1) is 10.5 Å². The molecule has 0 atom stereocenters. The summed E-state index contributed by atoms with van der Waals surface area (Å²) >= 11 is 7.40. The second kappa shape index (κ2) is 4.60. The normalized spacial score (nSPS) is 10.8. The Balaban J connectivity index is 2.24. The summed E-state index contributed by atoms with van der Waals surface area (Å²) in [5, 5.41) is 12.5. The molecule has 0 fully saturated rings. The number of fused-ring (bicyclic) bond motifs is 1. The third-order valence-corrected chi connectivity index (χ3v) is 3.88. The first-order valence-corrected chi connectivity index (χ1v) is 6.65. The molecule has 2 heterocycles. The van der Waals surface area contributed by atoms with E-state index in [0.29, 0.717) is 10.0 Å². The fourth-order valence-electron chi connectivity index (χ4n) is 1.81. The number of aromatic carboxylic acids is 1. The number of nitrogens with zero attached hydrogens (tertiary/aromatic N) is 2. The Bertz CT molecular complexity index is 785. The van der Waals surface area contributed by atoms with Crippen molar-refractivity contribution in [3.63, 3.8) is 0 Å². The lowest BCUT2D eigenvalue weighted by atomic mass is 10.1. The van der Waals surface area contributed by atoms with Crippen LogP contribution in [0.15, 0.2) is 35.8 Å². The summed E-state index contributed by atoms with van der Waals surface area (Å²) < 4.78 is 0. The minimum absolute atomic E-state index is 0.0408. The van der Waals surface area contributed by atoms with Gasteiger partial charge in [0.2, 0.25) is 0 Å². The SMILES string of the molecule is O=C(O)c1csc(-c2ccc(Cl)c3cccnc23)n1. The van der Waals surface area contributed by atoms with Gasteiger partial charge in [-0.25, -0.2) is 9.78 Å². The van der Waals surface area contributed by atoms with Crippen LogP contribution >= 0.6 is 22.9 Å². The molecule has 0 bridgehead atoms. The standard InChI is InChI=1S/C13H7ClN2O2S/c14-9-4-3-8(11-7(9)2-1-5-15-11)12-16-10(6-19-12)13(17)18/h1-6H,(H,17,18). The van der Waals surface area contributed by atoms with Crippen molar-refractivity contribution in [2.45, 2.75) is 0 Å². The molecule has 1 N–H and O–H groups in total. The lowest BCUT2D eigenvalue weighted by molar-refractivity contribution is 0.0691. The lowest BCUT2D eigenvalue weighted by Crippen LogP contribution is -1.95. The highest BCUT2D eigenvalue weighted by Gasteiger charge is 2.13. The molecule has 0 aliphatic rings. The van der Waals surface area contributed by atoms with Gasteiger partial charge in [0, 0.05) is 22.5 Å². The van der Waals surface area contributed by atoms with E-state index in [4.69, 9.17) is 16.7 Å². The van der Waals surface area contributed by atoms with E-state index in [2.05, 4.69) is 9.97 Å². The van der Waals surface area contributed by atoms with Crippen molar-refractivity contribution in [3.05, 3.63) is 46.6 Å². The Labute approximate surface area is 117 Å². The summed E-state index contributed by atoms with van der Waals surface area (Å²) in [5.41, 5.74) is 1.55. The fraction of sp³-hybridized carbons (Fsp3) is 0. The highest BCUT2D eigenvalue weighted by molar-refractivity contribution is 7.13. The quantitative estimate of drug-likeness (QED) is 0.781. The number of carboxylic acids is 1. The summed E-state index contributed by atoms with van der Waals surface area (Å²) in [5.74, 6) is -1.03. The number of pyridine rings is 1. The molecule has 0 radical (unpaired) electrons. The number of halogens is 1. The molecular formula is C13H7ClN2O2S. The Morgan fingerprint density at radius 3 is 2.89 bits per heavy atom. The van der Waals surface area contributed by atoms with Gasteiger partial charge in [-0.3, -0.25) is 4.98 Å². The number of hydrogen-bond acceptors (Lipinski definition) is 4. The minimum atomic E-state index is -1.03. The predicted octanol–water partition coefficient (Wildman–Crippen LogP) is 3.71. The largest absolute Gasteiger partial charge is 0.476 e. The van der Waals surface area contributed by atoms with Gasteiger partial charge in [-0.1, -0.05) is 11.6 Å². The van der Waals surface area contributed by atoms with Crippen molar-refractivity contribution in [3.8, 4) is 10.6 Å². The summed E-state index contributed by atoms with van der Waals surface area (Å²) in [6.07, 6.45) is 1.67. The predicted molar refractivity (Wildman–Crippen MR) is 74.8 cm³/mol. The fourth-order valence-corrected chi connectivity index (χ4v) is 2.84. The molecule has 2 aromatic heterocycles. The molecular weight excluding hydrogens is 284 g/mol. The van der Waals surface area contributed by atoms with Crippen LogP contribution in [-0.2, 0) is 0 Å². The second-order valence-corrected chi connectivity index (χ2v) is 5.10. The molecule has 3 rings (SSSR count). The zero-order valence-electron chi connectivity index (χ0n) is 9.50. The number of carboxylic acid groups (broad SMARTS) is 1. The molecule has 0 unspecified atom stereocenters. The molecule has 3 aromatic rings. The maximum Gasteiger partial charge on any atom is 0.355 e. The zero-order valence-corrected chi connectivity index (χ0v) is 11.1. The van der Waals surface area contributed by atoms with Crippen LogP contribution in [0.25, 0.3) is 21.5 Å². The third-order valence-electron chi connectivity index (χ3n) is 2.67. The van der Waals surface area contributed by atoms with Gasteiger partial charge >= 0.3 is 5.97 Å². The molecule has 6 heteroatoms. The summed E-state index contributed by atoms with van der Waals surface area (Å²) in [4.78, 5) is 19.3. The van der Waals surface area contributed by atoms with Crippen molar-refractivity contribution in [2.24, 2.45) is 0 Å². The average molecular weight is 291 g/mol. The van der Waals surface area contributed by atoms with E-state index >= 15 is 0 Å². The van der Waals surface area contributed by atoms with Crippen LogP contribution in [-0.4, -0.2) is 21.0 Å². The van der Waals surface area contributed by atoms with E-state index in [0.717, 1.165) is 16.5 Å². The molecule has 19 heavy (non-hydrogen) atoms. The number of hydrogen-bond donors (Lipinski definition) is 1. The van der Waals surface area contributed by atoms with E-state index in [1.807, 2.05) is 18.2 Å². The van der Waals surface area contributed by atoms with Gasteiger partial charge in [-0.15, -0.1) is 11.3 Å². The Morgan fingerprint density at radius 2 is 2.16 bits per heavy atom. The van der Waals surface area contributed by atoms with Gasteiger partial charge in [-0.2, -0.15) is 0 Å². The maximum atomic E-state index is 10.9. The van der Waals surface area contributed by atoms with Crippen LogP contribution in [0.5, 0.6) is 0 Å². The lowest BCUT2D eigenvalue weighted by Gasteiger charge is -2.04. The van der Waals surface area contributed by atoms with E-state index in [1.54, 1.807) is 12.3 Å². The topological polar surface area (TPSA) is 63.1 Å². The molecule has 0 amide bonds. The summed E-state index contributed by atoms with van der Waals surface area (Å²) in [7, 11) is 0. The number of thiazole rings is 1. The molecule has 1 aromatic carbocycles. The molecule has 0 aliphatic heterocycles. The highest BCUT2D eigenvalue weighted by atomic mass is 35.5. The molecule has 0 aliphatic carbocycles. The minimum Gasteiger partial charge on any atom is -0.476 e. The van der Waals surface area contributed by atoms with Crippen molar-refractivity contribution in [1.82, 2.24) is 9.97 Å². The zero-order chi connectivity index (χ0) is 13.4. The Kier molecular flexibility index (Phi) is 2.93. The Hall–Kier alpha value is -1.98. The number of carbonyl (C=O) groups is 1. The summed E-state index contributed by atoms with van der Waals surface area (Å²) in [6.45, 7) is 0. The third kappa shape index (κ3) is 2.07. The van der Waals surface area contributed by atoms with E-state index in [1.165, 1.54) is 16.7 Å². The van der Waals surface area contributed by atoms with Gasteiger partial charge in [0.1, 0.15) is 5.01 Å². The van der Waals surface area contributed by atoms with Crippen LogP contribution < -0.4 is 0 Å². The first kappa shape index (κ1) is 12.1. The first-order chi connectivity index (χ1) is 9.16. The van der Waals surface area contributed by atoms with Crippen LogP contribution in [0.1, 0.15) is 10.5 Å². The van der Waals surface area contributed by atoms with Crippen LogP contribution in [0.3, 0.4) is 0 Å². The van der Waals surface area contributed by atoms with Crippen molar-refractivity contribution in [2.75, 3.05) is 0 Å². The first-order valence-electron chi connectivity index (χ1n) is 5.39. The van der Waals surface area contributed by atoms with Gasteiger partial charge in [-0.05, 0) is 24.3 Å². The summed E-state index contributed by atoms with van der Waals surface area (Å²) in [6, 6.07) is 7.26.